The standard InChI is InChI=1S/C13H19N3O3/c1-3-10(11-5-4-9(2)6-15-11)16-13(18)8-19-7-12(14)17/h4-6,10H,3,7-8H2,1-2H3,(H2,14,17)(H,16,18)/t10-/m1/s1. The maximum Gasteiger partial charge on any atom is 0.246 e. The van der Waals surface area contributed by atoms with Gasteiger partial charge in [-0.05, 0) is 25.0 Å². The molecule has 1 aromatic rings. The summed E-state index contributed by atoms with van der Waals surface area (Å²) in [6, 6.07) is 3.67. The lowest BCUT2D eigenvalue weighted by Gasteiger charge is -2.16. The van der Waals surface area contributed by atoms with E-state index in [9.17, 15) is 9.59 Å². The summed E-state index contributed by atoms with van der Waals surface area (Å²) in [5.41, 5.74) is 6.77. The van der Waals surface area contributed by atoms with Gasteiger partial charge in [0.25, 0.3) is 0 Å². The molecule has 0 fully saturated rings. The number of ether oxygens (including phenoxy) is 1. The largest absolute Gasteiger partial charge is 0.368 e. The fraction of sp³-hybridized carbons (Fsp3) is 0.462. The van der Waals surface area contributed by atoms with Crippen LogP contribution in [0.1, 0.15) is 30.6 Å². The molecule has 6 nitrogen and oxygen atoms in total. The van der Waals surface area contributed by atoms with Crippen LogP contribution in [0.2, 0.25) is 0 Å². The van der Waals surface area contributed by atoms with Crippen LogP contribution in [0.25, 0.3) is 0 Å². The molecule has 1 atom stereocenters. The molecule has 0 unspecified atom stereocenters. The summed E-state index contributed by atoms with van der Waals surface area (Å²) in [6.07, 6.45) is 2.48. The maximum absolute atomic E-state index is 11.6. The topological polar surface area (TPSA) is 94.3 Å². The van der Waals surface area contributed by atoms with Crippen LogP contribution in [-0.4, -0.2) is 30.0 Å². The first-order chi connectivity index (χ1) is 9.02. The van der Waals surface area contributed by atoms with Crippen molar-refractivity contribution >= 4 is 11.8 Å². The van der Waals surface area contributed by atoms with Gasteiger partial charge >= 0.3 is 0 Å². The van der Waals surface area contributed by atoms with Gasteiger partial charge in [0.15, 0.2) is 0 Å². The lowest BCUT2D eigenvalue weighted by atomic mass is 10.1. The Hall–Kier alpha value is -1.95. The fourth-order valence-corrected chi connectivity index (χ4v) is 1.55. The smallest absolute Gasteiger partial charge is 0.246 e. The van der Waals surface area contributed by atoms with E-state index in [0.29, 0.717) is 0 Å². The molecule has 3 N–H and O–H groups in total. The molecule has 0 bridgehead atoms. The lowest BCUT2D eigenvalue weighted by molar-refractivity contribution is -0.130. The van der Waals surface area contributed by atoms with Gasteiger partial charge in [0.05, 0.1) is 11.7 Å². The normalized spacial score (nSPS) is 11.9. The van der Waals surface area contributed by atoms with Crippen LogP contribution in [0.4, 0.5) is 0 Å². The average molecular weight is 265 g/mol. The van der Waals surface area contributed by atoms with E-state index in [1.165, 1.54) is 0 Å². The van der Waals surface area contributed by atoms with Gasteiger partial charge in [0.1, 0.15) is 13.2 Å². The molecule has 19 heavy (non-hydrogen) atoms. The van der Waals surface area contributed by atoms with Crippen molar-refractivity contribution in [1.82, 2.24) is 10.3 Å². The highest BCUT2D eigenvalue weighted by atomic mass is 16.5. The molecule has 0 aliphatic heterocycles. The second-order valence-electron chi connectivity index (χ2n) is 4.25. The summed E-state index contributed by atoms with van der Waals surface area (Å²) in [5.74, 6) is -0.893. The quantitative estimate of drug-likeness (QED) is 0.748. The van der Waals surface area contributed by atoms with Crippen LogP contribution in [-0.2, 0) is 14.3 Å². The number of carbonyl (C=O) groups is 2. The van der Waals surface area contributed by atoms with Crippen molar-refractivity contribution in [3.05, 3.63) is 29.6 Å². The highest BCUT2D eigenvalue weighted by molar-refractivity contribution is 5.79. The summed E-state index contributed by atoms with van der Waals surface area (Å²) >= 11 is 0. The third kappa shape index (κ3) is 5.48. The van der Waals surface area contributed by atoms with E-state index in [4.69, 9.17) is 10.5 Å². The summed E-state index contributed by atoms with van der Waals surface area (Å²) in [7, 11) is 0. The van der Waals surface area contributed by atoms with Crippen molar-refractivity contribution in [2.24, 2.45) is 5.73 Å². The number of amides is 2. The van der Waals surface area contributed by atoms with Crippen molar-refractivity contribution in [1.29, 1.82) is 0 Å². The van der Waals surface area contributed by atoms with E-state index in [-0.39, 0.29) is 25.2 Å². The van der Waals surface area contributed by atoms with Gasteiger partial charge in [0.2, 0.25) is 11.8 Å². The van der Waals surface area contributed by atoms with E-state index in [2.05, 4.69) is 10.3 Å². The highest BCUT2D eigenvalue weighted by Gasteiger charge is 2.13. The van der Waals surface area contributed by atoms with Crippen molar-refractivity contribution in [2.45, 2.75) is 26.3 Å². The predicted octanol–water partition coefficient (Wildman–Crippen LogP) is 0.459. The molecule has 0 aromatic carbocycles. The molecule has 0 saturated heterocycles. The molecular weight excluding hydrogens is 246 g/mol. The van der Waals surface area contributed by atoms with Crippen molar-refractivity contribution in [3.63, 3.8) is 0 Å². The third-order valence-electron chi connectivity index (χ3n) is 2.51. The number of primary amides is 1. The number of hydrogen-bond donors (Lipinski definition) is 2. The number of rotatable bonds is 7. The SMILES string of the molecule is CC[C@@H](NC(=O)COCC(N)=O)c1ccc(C)cn1. The first-order valence-corrected chi connectivity index (χ1v) is 6.11. The number of nitrogens with zero attached hydrogens (tertiary/aromatic N) is 1. The second-order valence-corrected chi connectivity index (χ2v) is 4.25. The minimum absolute atomic E-state index is 0.162. The number of aromatic nitrogens is 1. The maximum atomic E-state index is 11.6. The van der Waals surface area contributed by atoms with Gasteiger partial charge in [-0.3, -0.25) is 14.6 Å². The summed E-state index contributed by atoms with van der Waals surface area (Å²) in [6.45, 7) is 3.46. The Bertz CT molecular complexity index is 431. The van der Waals surface area contributed by atoms with E-state index >= 15 is 0 Å². The monoisotopic (exact) mass is 265 g/mol. The van der Waals surface area contributed by atoms with Gasteiger partial charge < -0.3 is 15.8 Å². The molecule has 1 aromatic heterocycles. The molecule has 2 amide bonds. The Morgan fingerprint density at radius 1 is 1.42 bits per heavy atom. The average Bonchev–Trinajstić information content (AvgIpc) is 2.36. The van der Waals surface area contributed by atoms with E-state index in [1.54, 1.807) is 6.20 Å². The van der Waals surface area contributed by atoms with Gasteiger partial charge in [-0.1, -0.05) is 13.0 Å². The summed E-state index contributed by atoms with van der Waals surface area (Å²) in [4.78, 5) is 26.4. The number of hydrogen-bond acceptors (Lipinski definition) is 4. The van der Waals surface area contributed by atoms with Gasteiger partial charge in [-0.15, -0.1) is 0 Å². The van der Waals surface area contributed by atoms with Gasteiger partial charge in [-0.2, -0.15) is 0 Å². The van der Waals surface area contributed by atoms with Crippen LogP contribution in [0.15, 0.2) is 18.3 Å². The molecule has 1 heterocycles. The number of carbonyl (C=O) groups excluding carboxylic acids is 2. The van der Waals surface area contributed by atoms with Crippen LogP contribution in [0, 0.1) is 6.92 Å². The van der Waals surface area contributed by atoms with E-state index in [0.717, 1.165) is 17.7 Å². The zero-order valence-corrected chi connectivity index (χ0v) is 11.2. The highest BCUT2D eigenvalue weighted by Crippen LogP contribution is 2.13. The van der Waals surface area contributed by atoms with Crippen molar-refractivity contribution in [2.75, 3.05) is 13.2 Å². The number of pyridine rings is 1. The summed E-state index contributed by atoms with van der Waals surface area (Å²) < 4.78 is 4.85. The molecule has 0 saturated carbocycles. The molecule has 0 aliphatic carbocycles. The molecule has 6 heteroatoms. The van der Waals surface area contributed by atoms with Crippen LogP contribution in [0.3, 0.4) is 0 Å². The molecule has 1 rings (SSSR count). The minimum atomic E-state index is -0.597. The van der Waals surface area contributed by atoms with E-state index in [1.807, 2.05) is 26.0 Å². The Balaban J connectivity index is 2.50. The zero-order valence-electron chi connectivity index (χ0n) is 11.2. The first kappa shape index (κ1) is 15.1. The number of nitrogens with one attached hydrogen (secondary N) is 1. The molecule has 104 valence electrons. The lowest BCUT2D eigenvalue weighted by Crippen LogP contribution is -2.33. The first-order valence-electron chi connectivity index (χ1n) is 6.11. The Labute approximate surface area is 112 Å². The predicted molar refractivity (Wildman–Crippen MR) is 70.2 cm³/mol. The molecular formula is C13H19N3O3. The third-order valence-corrected chi connectivity index (χ3v) is 2.51. The molecule has 0 spiro atoms. The van der Waals surface area contributed by atoms with Crippen LogP contribution in [0.5, 0.6) is 0 Å². The van der Waals surface area contributed by atoms with E-state index < -0.39 is 5.91 Å². The summed E-state index contributed by atoms with van der Waals surface area (Å²) in [5, 5.41) is 2.80. The Kier molecular flexibility index (Phi) is 5.95. The van der Waals surface area contributed by atoms with Gasteiger partial charge in [-0.25, -0.2) is 0 Å². The molecule has 0 aliphatic rings. The number of nitrogens with two attached hydrogens (primary N) is 1. The fourth-order valence-electron chi connectivity index (χ4n) is 1.55. The molecule has 0 radical (unpaired) electrons. The minimum Gasteiger partial charge on any atom is -0.368 e. The zero-order chi connectivity index (χ0) is 14.3. The Morgan fingerprint density at radius 3 is 2.68 bits per heavy atom. The van der Waals surface area contributed by atoms with Crippen LogP contribution >= 0.6 is 0 Å². The number of aryl methyl sites for hydroxylation is 1. The van der Waals surface area contributed by atoms with Gasteiger partial charge in [0, 0.05) is 6.20 Å². The second kappa shape index (κ2) is 7.48. The van der Waals surface area contributed by atoms with Crippen LogP contribution < -0.4 is 11.1 Å². The Morgan fingerprint density at radius 2 is 2.16 bits per heavy atom. The van der Waals surface area contributed by atoms with Crippen molar-refractivity contribution in [3.8, 4) is 0 Å². The van der Waals surface area contributed by atoms with Crippen molar-refractivity contribution < 1.29 is 14.3 Å².